The van der Waals surface area contributed by atoms with E-state index < -0.39 is 0 Å². The van der Waals surface area contributed by atoms with Crippen molar-refractivity contribution in [3.8, 4) is 0 Å². The van der Waals surface area contributed by atoms with Crippen LogP contribution in [-0.2, 0) is 11.3 Å². The first-order chi connectivity index (χ1) is 13.0. The highest BCUT2D eigenvalue weighted by Gasteiger charge is 2.18. The van der Waals surface area contributed by atoms with E-state index >= 15 is 0 Å². The number of guanidine groups is 1. The Labute approximate surface area is 164 Å². The van der Waals surface area contributed by atoms with Crippen LogP contribution >= 0.6 is 0 Å². The first kappa shape index (κ1) is 21.4. The van der Waals surface area contributed by atoms with Gasteiger partial charge in [-0.1, -0.05) is 6.92 Å². The fourth-order valence-corrected chi connectivity index (χ4v) is 2.91. The lowest BCUT2D eigenvalue weighted by Crippen LogP contribution is -2.46. The average molecular weight is 377 g/mol. The van der Waals surface area contributed by atoms with E-state index in [1.54, 1.807) is 7.11 Å². The number of rotatable bonds is 8. The Morgan fingerprint density at radius 1 is 1.22 bits per heavy atom. The number of ether oxygens (including phenoxy) is 1. The van der Waals surface area contributed by atoms with Gasteiger partial charge in [0.25, 0.3) is 0 Å². The Morgan fingerprint density at radius 2 is 1.96 bits per heavy atom. The summed E-state index contributed by atoms with van der Waals surface area (Å²) in [7, 11) is 1.73. The zero-order valence-corrected chi connectivity index (χ0v) is 17.6. The highest BCUT2D eigenvalue weighted by Crippen LogP contribution is 2.15. The van der Waals surface area contributed by atoms with Gasteiger partial charge >= 0.3 is 0 Å². The number of piperazine rings is 1. The standard InChI is InChI=1S/C20H36N6O/c1-6-21-19(24-16-20(3,4)27-5)23-15-17-8-9-22-18(14-17)26-12-10-25(7-2)11-13-26/h8-9,14H,6-7,10-13,15-16H2,1-5H3,(H2,21,23,24). The van der Waals surface area contributed by atoms with Crippen molar-refractivity contribution in [2.45, 2.75) is 39.8 Å². The van der Waals surface area contributed by atoms with Crippen LogP contribution in [0.1, 0.15) is 33.3 Å². The number of nitrogens with one attached hydrogen (secondary N) is 2. The zero-order valence-electron chi connectivity index (χ0n) is 17.6. The fourth-order valence-electron chi connectivity index (χ4n) is 2.91. The number of anilines is 1. The molecule has 0 unspecified atom stereocenters. The molecule has 2 heterocycles. The minimum atomic E-state index is -0.235. The molecule has 1 aliphatic rings. The van der Waals surface area contributed by atoms with Crippen molar-refractivity contribution in [3.63, 3.8) is 0 Å². The van der Waals surface area contributed by atoms with Crippen LogP contribution in [0.5, 0.6) is 0 Å². The van der Waals surface area contributed by atoms with E-state index in [0.717, 1.165) is 51.0 Å². The third-order valence-corrected chi connectivity index (χ3v) is 4.95. The highest BCUT2D eigenvalue weighted by molar-refractivity contribution is 5.79. The van der Waals surface area contributed by atoms with Crippen molar-refractivity contribution in [2.24, 2.45) is 4.99 Å². The molecule has 2 N–H and O–H groups in total. The molecule has 1 aliphatic heterocycles. The number of pyridine rings is 1. The predicted molar refractivity (Wildman–Crippen MR) is 112 cm³/mol. The van der Waals surface area contributed by atoms with Crippen LogP contribution in [0.3, 0.4) is 0 Å². The molecule has 0 bridgehead atoms. The molecule has 7 heteroatoms. The van der Waals surface area contributed by atoms with Gasteiger partial charge in [-0.25, -0.2) is 9.98 Å². The molecule has 0 aromatic carbocycles. The molecule has 0 amide bonds. The van der Waals surface area contributed by atoms with Gasteiger partial charge in [0.15, 0.2) is 5.96 Å². The summed E-state index contributed by atoms with van der Waals surface area (Å²) in [4.78, 5) is 14.1. The molecule has 7 nitrogen and oxygen atoms in total. The lowest BCUT2D eigenvalue weighted by molar-refractivity contribution is 0.0268. The molecule has 152 valence electrons. The molecule has 2 rings (SSSR count). The fraction of sp³-hybridized carbons (Fsp3) is 0.700. The highest BCUT2D eigenvalue weighted by atomic mass is 16.5. The number of hydrogen-bond acceptors (Lipinski definition) is 5. The smallest absolute Gasteiger partial charge is 0.191 e. The summed E-state index contributed by atoms with van der Waals surface area (Å²) in [6.07, 6.45) is 1.89. The van der Waals surface area contributed by atoms with Gasteiger partial charge in [-0.2, -0.15) is 0 Å². The molecular weight excluding hydrogens is 340 g/mol. The lowest BCUT2D eigenvalue weighted by Gasteiger charge is -2.34. The van der Waals surface area contributed by atoms with Crippen LogP contribution in [0.15, 0.2) is 23.3 Å². The predicted octanol–water partition coefficient (Wildman–Crippen LogP) is 1.70. The Bertz CT molecular complexity index is 596. The number of nitrogens with zero attached hydrogens (tertiary/aromatic N) is 4. The van der Waals surface area contributed by atoms with E-state index in [9.17, 15) is 0 Å². The maximum Gasteiger partial charge on any atom is 0.191 e. The van der Waals surface area contributed by atoms with Gasteiger partial charge in [0.05, 0.1) is 12.1 Å². The molecule has 1 aromatic heterocycles. The number of hydrogen-bond donors (Lipinski definition) is 2. The van der Waals surface area contributed by atoms with E-state index in [4.69, 9.17) is 9.73 Å². The third-order valence-electron chi connectivity index (χ3n) is 4.95. The van der Waals surface area contributed by atoms with Crippen LogP contribution in [-0.4, -0.2) is 74.4 Å². The molecular formula is C20H36N6O. The van der Waals surface area contributed by atoms with E-state index in [0.29, 0.717) is 13.1 Å². The first-order valence-electron chi connectivity index (χ1n) is 9.97. The summed E-state index contributed by atoms with van der Waals surface area (Å²) in [5, 5.41) is 6.64. The van der Waals surface area contributed by atoms with Gasteiger partial charge in [0.1, 0.15) is 5.82 Å². The zero-order chi connectivity index (χ0) is 19.7. The Morgan fingerprint density at radius 3 is 2.59 bits per heavy atom. The molecule has 0 atom stereocenters. The Balaban J connectivity index is 1.97. The lowest BCUT2D eigenvalue weighted by atomic mass is 10.1. The van der Waals surface area contributed by atoms with Crippen molar-refractivity contribution in [1.29, 1.82) is 0 Å². The molecule has 0 aliphatic carbocycles. The Kier molecular flexibility index (Phi) is 8.31. The molecule has 0 spiro atoms. The summed E-state index contributed by atoms with van der Waals surface area (Å²) in [6, 6.07) is 4.20. The van der Waals surface area contributed by atoms with Crippen LogP contribution in [0.4, 0.5) is 5.82 Å². The molecule has 1 aromatic rings. The van der Waals surface area contributed by atoms with Gasteiger partial charge in [0.2, 0.25) is 0 Å². The summed E-state index contributed by atoms with van der Waals surface area (Å²) in [5.74, 6) is 1.86. The topological polar surface area (TPSA) is 65.0 Å². The SMILES string of the molecule is CCNC(=NCc1ccnc(N2CCN(CC)CC2)c1)NCC(C)(C)OC. The van der Waals surface area contributed by atoms with Gasteiger partial charge < -0.3 is 25.2 Å². The van der Waals surface area contributed by atoms with Crippen LogP contribution in [0, 0.1) is 0 Å². The monoisotopic (exact) mass is 376 g/mol. The van der Waals surface area contributed by atoms with Crippen molar-refractivity contribution in [1.82, 2.24) is 20.5 Å². The molecule has 1 fully saturated rings. The van der Waals surface area contributed by atoms with Crippen LogP contribution in [0.2, 0.25) is 0 Å². The van der Waals surface area contributed by atoms with Crippen LogP contribution in [0.25, 0.3) is 0 Å². The van der Waals surface area contributed by atoms with Gasteiger partial charge in [0, 0.05) is 52.6 Å². The summed E-state index contributed by atoms with van der Waals surface area (Å²) in [5.41, 5.74) is 0.932. The third kappa shape index (κ3) is 6.99. The summed E-state index contributed by atoms with van der Waals surface area (Å²) >= 11 is 0. The average Bonchev–Trinajstić information content (AvgIpc) is 2.70. The molecule has 27 heavy (non-hydrogen) atoms. The number of aromatic nitrogens is 1. The normalized spacial score (nSPS) is 16.5. The number of likely N-dealkylation sites (N-methyl/N-ethyl adjacent to an activating group) is 1. The van der Waals surface area contributed by atoms with E-state index in [-0.39, 0.29) is 5.60 Å². The molecule has 0 radical (unpaired) electrons. The van der Waals surface area contributed by atoms with Gasteiger partial charge in [-0.05, 0) is 45.0 Å². The van der Waals surface area contributed by atoms with E-state index in [1.807, 2.05) is 12.3 Å². The van der Waals surface area contributed by atoms with Crippen molar-refractivity contribution in [3.05, 3.63) is 23.9 Å². The van der Waals surface area contributed by atoms with Crippen molar-refractivity contribution < 1.29 is 4.74 Å². The van der Waals surface area contributed by atoms with Crippen molar-refractivity contribution >= 4 is 11.8 Å². The Hall–Kier alpha value is -1.86. The van der Waals surface area contributed by atoms with Gasteiger partial charge in [-0.15, -0.1) is 0 Å². The second-order valence-electron chi connectivity index (χ2n) is 7.46. The minimum absolute atomic E-state index is 0.235. The number of methoxy groups -OCH3 is 1. The van der Waals surface area contributed by atoms with Gasteiger partial charge in [-0.3, -0.25) is 0 Å². The van der Waals surface area contributed by atoms with Crippen molar-refractivity contribution in [2.75, 3.05) is 57.8 Å². The largest absolute Gasteiger partial charge is 0.377 e. The second-order valence-corrected chi connectivity index (χ2v) is 7.46. The van der Waals surface area contributed by atoms with E-state index in [2.05, 4.69) is 59.2 Å². The molecule has 1 saturated heterocycles. The quantitative estimate of drug-likeness (QED) is 0.532. The maximum atomic E-state index is 5.47. The second kappa shape index (κ2) is 10.5. The minimum Gasteiger partial charge on any atom is -0.377 e. The maximum absolute atomic E-state index is 5.47. The van der Waals surface area contributed by atoms with E-state index in [1.165, 1.54) is 5.56 Å². The molecule has 0 saturated carbocycles. The van der Waals surface area contributed by atoms with Crippen LogP contribution < -0.4 is 15.5 Å². The summed E-state index contributed by atoms with van der Waals surface area (Å²) in [6.45, 7) is 15.9. The summed E-state index contributed by atoms with van der Waals surface area (Å²) < 4.78 is 5.47. The first-order valence-corrected chi connectivity index (χ1v) is 9.97. The number of aliphatic imine (C=N–C) groups is 1.